The molecule has 1 amide bonds. The van der Waals surface area contributed by atoms with Crippen molar-refractivity contribution in [2.45, 2.75) is 11.4 Å². The Hall–Kier alpha value is -2.12. The van der Waals surface area contributed by atoms with Gasteiger partial charge in [0.2, 0.25) is 0 Å². The summed E-state index contributed by atoms with van der Waals surface area (Å²) in [5.74, 6) is -0.102. The Morgan fingerprint density at radius 2 is 2.23 bits per heavy atom. The molecule has 112 valence electrons. The molecule has 0 saturated heterocycles. The Balaban J connectivity index is 1.66. The SMILES string of the molecule is CSc1ccccc1C(=O)NCc1cn(-c2ccsc2)nn1. The van der Waals surface area contributed by atoms with E-state index in [1.807, 2.05) is 53.5 Å². The number of thioether (sulfide) groups is 1. The highest BCUT2D eigenvalue weighted by molar-refractivity contribution is 7.98. The van der Waals surface area contributed by atoms with Crippen LogP contribution in [0.15, 0.2) is 52.2 Å². The fourth-order valence-corrected chi connectivity index (χ4v) is 3.21. The molecule has 5 nitrogen and oxygen atoms in total. The van der Waals surface area contributed by atoms with Crippen molar-refractivity contribution in [1.82, 2.24) is 20.3 Å². The minimum Gasteiger partial charge on any atom is -0.346 e. The molecule has 3 aromatic rings. The van der Waals surface area contributed by atoms with Crippen molar-refractivity contribution in [2.24, 2.45) is 0 Å². The van der Waals surface area contributed by atoms with E-state index in [-0.39, 0.29) is 5.91 Å². The third kappa shape index (κ3) is 3.20. The van der Waals surface area contributed by atoms with Gasteiger partial charge < -0.3 is 5.32 Å². The van der Waals surface area contributed by atoms with Gasteiger partial charge in [0.1, 0.15) is 5.69 Å². The van der Waals surface area contributed by atoms with Gasteiger partial charge in [0.05, 0.1) is 24.0 Å². The van der Waals surface area contributed by atoms with E-state index in [1.54, 1.807) is 27.8 Å². The fraction of sp³-hybridized carbons (Fsp3) is 0.133. The number of carbonyl (C=O) groups is 1. The van der Waals surface area contributed by atoms with Crippen LogP contribution in [0.5, 0.6) is 0 Å². The lowest BCUT2D eigenvalue weighted by Crippen LogP contribution is -2.23. The Labute approximate surface area is 136 Å². The molecule has 3 rings (SSSR count). The van der Waals surface area contributed by atoms with Gasteiger partial charge in [-0.15, -0.1) is 16.9 Å². The second-order valence-corrected chi connectivity index (χ2v) is 6.15. The van der Waals surface area contributed by atoms with Crippen LogP contribution in [0.4, 0.5) is 0 Å². The van der Waals surface area contributed by atoms with Gasteiger partial charge >= 0.3 is 0 Å². The summed E-state index contributed by atoms with van der Waals surface area (Å²) >= 11 is 3.16. The monoisotopic (exact) mass is 330 g/mol. The van der Waals surface area contributed by atoms with E-state index in [1.165, 1.54) is 0 Å². The Bertz CT molecular complexity index is 767. The highest BCUT2D eigenvalue weighted by Crippen LogP contribution is 2.19. The molecule has 0 atom stereocenters. The maximum atomic E-state index is 12.3. The van der Waals surface area contributed by atoms with Crippen molar-refractivity contribution in [3.63, 3.8) is 0 Å². The molecule has 1 aromatic carbocycles. The second kappa shape index (κ2) is 6.76. The first-order valence-corrected chi connectivity index (χ1v) is 8.79. The van der Waals surface area contributed by atoms with E-state index in [0.29, 0.717) is 12.1 Å². The van der Waals surface area contributed by atoms with E-state index in [0.717, 1.165) is 16.3 Å². The summed E-state index contributed by atoms with van der Waals surface area (Å²) in [5, 5.41) is 15.0. The van der Waals surface area contributed by atoms with Gasteiger partial charge in [0, 0.05) is 10.3 Å². The van der Waals surface area contributed by atoms with Gasteiger partial charge in [0.25, 0.3) is 5.91 Å². The Morgan fingerprint density at radius 3 is 3.00 bits per heavy atom. The number of nitrogens with zero attached hydrogens (tertiary/aromatic N) is 3. The Kier molecular flexibility index (Phi) is 4.55. The maximum Gasteiger partial charge on any atom is 0.252 e. The van der Waals surface area contributed by atoms with E-state index in [9.17, 15) is 4.79 Å². The first kappa shape index (κ1) is 14.8. The first-order chi connectivity index (χ1) is 10.8. The lowest BCUT2D eigenvalue weighted by Gasteiger charge is -2.06. The molecular weight excluding hydrogens is 316 g/mol. The molecule has 7 heteroatoms. The quantitative estimate of drug-likeness (QED) is 0.731. The van der Waals surface area contributed by atoms with Crippen molar-refractivity contribution in [3.05, 3.63) is 58.5 Å². The molecule has 0 aliphatic heterocycles. The lowest BCUT2D eigenvalue weighted by atomic mass is 10.2. The summed E-state index contributed by atoms with van der Waals surface area (Å²) in [6.45, 7) is 0.353. The van der Waals surface area contributed by atoms with E-state index >= 15 is 0 Å². The van der Waals surface area contributed by atoms with Gasteiger partial charge in [0.15, 0.2) is 0 Å². The number of hydrogen-bond donors (Lipinski definition) is 1. The minimum absolute atomic E-state index is 0.102. The number of thiophene rings is 1. The van der Waals surface area contributed by atoms with Crippen LogP contribution in [-0.2, 0) is 6.54 Å². The van der Waals surface area contributed by atoms with Crippen LogP contribution in [0, 0.1) is 0 Å². The van der Waals surface area contributed by atoms with Crippen LogP contribution in [-0.4, -0.2) is 27.2 Å². The van der Waals surface area contributed by atoms with Gasteiger partial charge in [-0.05, 0) is 29.8 Å². The zero-order valence-electron chi connectivity index (χ0n) is 11.9. The molecule has 1 N–H and O–H groups in total. The van der Waals surface area contributed by atoms with Gasteiger partial charge in [-0.3, -0.25) is 4.79 Å². The molecule has 0 bridgehead atoms. The number of benzene rings is 1. The zero-order chi connectivity index (χ0) is 15.4. The predicted molar refractivity (Wildman–Crippen MR) is 88.6 cm³/mol. The topological polar surface area (TPSA) is 59.8 Å². The molecule has 22 heavy (non-hydrogen) atoms. The third-order valence-corrected chi connectivity index (χ3v) is 4.56. The van der Waals surface area contributed by atoms with Crippen LogP contribution in [0.3, 0.4) is 0 Å². The number of rotatable bonds is 5. The fourth-order valence-electron chi connectivity index (χ4n) is 1.99. The van der Waals surface area contributed by atoms with Crippen LogP contribution in [0.25, 0.3) is 5.69 Å². The standard InChI is InChI=1S/C15H14N4OS2/c1-21-14-5-3-2-4-13(14)15(20)16-8-11-9-19(18-17-11)12-6-7-22-10-12/h2-7,9-10H,8H2,1H3,(H,16,20). The van der Waals surface area contributed by atoms with Crippen molar-refractivity contribution < 1.29 is 4.79 Å². The number of amides is 1. The summed E-state index contributed by atoms with van der Waals surface area (Å²) in [4.78, 5) is 13.2. The van der Waals surface area contributed by atoms with E-state index in [4.69, 9.17) is 0 Å². The smallest absolute Gasteiger partial charge is 0.252 e. The summed E-state index contributed by atoms with van der Waals surface area (Å²) in [6, 6.07) is 9.52. The average molecular weight is 330 g/mol. The lowest BCUT2D eigenvalue weighted by molar-refractivity contribution is 0.0947. The largest absolute Gasteiger partial charge is 0.346 e. The highest BCUT2D eigenvalue weighted by Gasteiger charge is 2.11. The normalized spacial score (nSPS) is 10.6. The molecule has 0 radical (unpaired) electrons. The van der Waals surface area contributed by atoms with Crippen molar-refractivity contribution >= 4 is 29.0 Å². The maximum absolute atomic E-state index is 12.3. The van der Waals surface area contributed by atoms with Crippen molar-refractivity contribution in [2.75, 3.05) is 6.26 Å². The summed E-state index contributed by atoms with van der Waals surface area (Å²) in [6.07, 6.45) is 3.78. The van der Waals surface area contributed by atoms with Crippen LogP contribution in [0.1, 0.15) is 16.1 Å². The predicted octanol–water partition coefficient (Wildman–Crippen LogP) is 2.98. The highest BCUT2D eigenvalue weighted by atomic mass is 32.2. The number of aromatic nitrogens is 3. The molecule has 0 aliphatic rings. The summed E-state index contributed by atoms with van der Waals surface area (Å²) < 4.78 is 1.70. The molecule has 0 aliphatic carbocycles. The zero-order valence-corrected chi connectivity index (χ0v) is 13.5. The molecule has 2 aromatic heterocycles. The Morgan fingerprint density at radius 1 is 1.36 bits per heavy atom. The average Bonchev–Trinajstić information content (AvgIpc) is 3.23. The van der Waals surface area contributed by atoms with Crippen LogP contribution < -0.4 is 5.32 Å². The van der Waals surface area contributed by atoms with Crippen LogP contribution >= 0.6 is 23.1 Å². The molecule has 0 fully saturated rings. The molecule has 2 heterocycles. The third-order valence-electron chi connectivity index (χ3n) is 3.09. The molecule has 0 spiro atoms. The van der Waals surface area contributed by atoms with Gasteiger partial charge in [-0.25, -0.2) is 4.68 Å². The van der Waals surface area contributed by atoms with Gasteiger partial charge in [-0.1, -0.05) is 17.3 Å². The number of hydrogen-bond acceptors (Lipinski definition) is 5. The van der Waals surface area contributed by atoms with Crippen molar-refractivity contribution in [3.8, 4) is 5.69 Å². The number of carbonyl (C=O) groups excluding carboxylic acids is 1. The summed E-state index contributed by atoms with van der Waals surface area (Å²) in [5.41, 5.74) is 2.38. The summed E-state index contributed by atoms with van der Waals surface area (Å²) in [7, 11) is 0. The number of nitrogens with one attached hydrogen (secondary N) is 1. The molecule has 0 unspecified atom stereocenters. The van der Waals surface area contributed by atoms with Crippen molar-refractivity contribution in [1.29, 1.82) is 0 Å². The minimum atomic E-state index is -0.102. The van der Waals surface area contributed by atoms with Gasteiger partial charge in [-0.2, -0.15) is 11.3 Å². The van der Waals surface area contributed by atoms with E-state index in [2.05, 4.69) is 15.6 Å². The second-order valence-electron chi connectivity index (χ2n) is 4.52. The van der Waals surface area contributed by atoms with Crippen LogP contribution in [0.2, 0.25) is 0 Å². The molecular formula is C15H14N4OS2. The van der Waals surface area contributed by atoms with E-state index < -0.39 is 0 Å². The molecule has 0 saturated carbocycles. The first-order valence-electron chi connectivity index (χ1n) is 6.63.